The topological polar surface area (TPSA) is 51.8 Å². The van der Waals surface area contributed by atoms with E-state index in [1.807, 2.05) is 42.1 Å². The molecule has 0 bridgehead atoms. The van der Waals surface area contributed by atoms with Gasteiger partial charge in [-0.1, -0.05) is 163 Å². The number of hydrogen-bond donors (Lipinski definition) is 0. The van der Waals surface area contributed by atoms with Crippen LogP contribution in [0.25, 0.3) is 78.0 Å². The summed E-state index contributed by atoms with van der Waals surface area (Å²) in [5, 5.41) is 4.33. The standard InChI is InChI=1S/C50H29N3OS/c1-2-13-31(14-3-1)47-51-48(32-26-25-30-27-28-36-35-17-6-10-23-43(35)54-45(36)38(30)29-32)53-49(52-47)37-18-12-22-42-46(37)55-44-24-11-9-21-41(44)50(42)39-19-7-4-15-33(39)34-16-5-8-20-40(34)50/h1-29H. The molecule has 3 heterocycles. The first kappa shape index (κ1) is 30.6. The number of furan rings is 1. The van der Waals surface area contributed by atoms with Gasteiger partial charge in [0.15, 0.2) is 17.5 Å². The van der Waals surface area contributed by atoms with Gasteiger partial charge in [0.1, 0.15) is 11.2 Å². The minimum atomic E-state index is -0.491. The van der Waals surface area contributed by atoms with Gasteiger partial charge in [-0.25, -0.2) is 15.0 Å². The van der Waals surface area contributed by atoms with Gasteiger partial charge in [-0.05, 0) is 63.0 Å². The van der Waals surface area contributed by atoms with Crippen LogP contribution in [0.1, 0.15) is 22.3 Å². The zero-order valence-corrected chi connectivity index (χ0v) is 30.2. The van der Waals surface area contributed by atoms with Crippen LogP contribution in [0.3, 0.4) is 0 Å². The molecule has 12 rings (SSSR count). The second-order valence-electron chi connectivity index (χ2n) is 14.3. The molecule has 256 valence electrons. The van der Waals surface area contributed by atoms with Gasteiger partial charge in [-0.15, -0.1) is 0 Å². The molecule has 8 aromatic carbocycles. The van der Waals surface area contributed by atoms with Gasteiger partial charge >= 0.3 is 0 Å². The molecule has 0 fully saturated rings. The van der Waals surface area contributed by atoms with Crippen LogP contribution in [0.4, 0.5) is 0 Å². The smallest absolute Gasteiger partial charge is 0.165 e. The van der Waals surface area contributed by atoms with Crippen molar-refractivity contribution in [1.82, 2.24) is 15.0 Å². The van der Waals surface area contributed by atoms with Crippen molar-refractivity contribution in [3.8, 4) is 45.3 Å². The van der Waals surface area contributed by atoms with E-state index in [1.165, 1.54) is 38.3 Å². The number of benzene rings is 8. The van der Waals surface area contributed by atoms with Crippen molar-refractivity contribution in [3.05, 3.63) is 198 Å². The lowest BCUT2D eigenvalue weighted by atomic mass is 9.67. The lowest BCUT2D eigenvalue weighted by Crippen LogP contribution is -2.32. The molecule has 1 aliphatic carbocycles. The first-order valence-corrected chi connectivity index (χ1v) is 19.3. The number of hydrogen-bond acceptors (Lipinski definition) is 5. The zero-order valence-electron chi connectivity index (χ0n) is 29.4. The van der Waals surface area contributed by atoms with E-state index in [9.17, 15) is 0 Å². The van der Waals surface area contributed by atoms with Crippen molar-refractivity contribution < 1.29 is 4.42 Å². The van der Waals surface area contributed by atoms with Crippen molar-refractivity contribution in [3.63, 3.8) is 0 Å². The van der Waals surface area contributed by atoms with E-state index < -0.39 is 5.41 Å². The normalized spacial score (nSPS) is 13.5. The van der Waals surface area contributed by atoms with Crippen LogP contribution >= 0.6 is 11.8 Å². The second-order valence-corrected chi connectivity index (χ2v) is 15.3. The van der Waals surface area contributed by atoms with Crippen molar-refractivity contribution in [2.75, 3.05) is 0 Å². The Balaban J connectivity index is 1.12. The Bertz CT molecular complexity index is 3160. The third-order valence-electron chi connectivity index (χ3n) is 11.4. The minimum absolute atomic E-state index is 0.491. The summed E-state index contributed by atoms with van der Waals surface area (Å²) in [6.45, 7) is 0. The minimum Gasteiger partial charge on any atom is -0.455 e. The molecule has 0 unspecified atom stereocenters. The molecule has 0 saturated heterocycles. The summed E-state index contributed by atoms with van der Waals surface area (Å²) in [4.78, 5) is 18.1. The molecule has 1 aliphatic heterocycles. The third kappa shape index (κ3) is 4.33. The van der Waals surface area contributed by atoms with Gasteiger partial charge in [-0.3, -0.25) is 0 Å². The monoisotopic (exact) mass is 719 g/mol. The van der Waals surface area contributed by atoms with E-state index in [4.69, 9.17) is 19.4 Å². The summed E-state index contributed by atoms with van der Waals surface area (Å²) in [6, 6.07) is 62.5. The Labute approximate surface area is 321 Å². The van der Waals surface area contributed by atoms with Gasteiger partial charge in [0.25, 0.3) is 0 Å². The molecule has 0 N–H and O–H groups in total. The summed E-state index contributed by atoms with van der Waals surface area (Å²) in [7, 11) is 0. The maximum Gasteiger partial charge on any atom is 0.165 e. The van der Waals surface area contributed by atoms with Crippen molar-refractivity contribution in [2.45, 2.75) is 15.2 Å². The fourth-order valence-electron chi connectivity index (χ4n) is 9.04. The number of fused-ring (bicyclic) bond motifs is 14. The fourth-order valence-corrected chi connectivity index (χ4v) is 10.3. The number of para-hydroxylation sites is 1. The maximum absolute atomic E-state index is 6.47. The van der Waals surface area contributed by atoms with Crippen LogP contribution in [-0.4, -0.2) is 15.0 Å². The Hall–Kier alpha value is -6.82. The quantitative estimate of drug-likeness (QED) is 0.182. The number of rotatable bonds is 3. The van der Waals surface area contributed by atoms with Crippen LogP contribution in [0.15, 0.2) is 190 Å². The first-order valence-electron chi connectivity index (χ1n) is 18.5. The van der Waals surface area contributed by atoms with Crippen LogP contribution in [-0.2, 0) is 5.41 Å². The van der Waals surface area contributed by atoms with Crippen molar-refractivity contribution in [2.24, 2.45) is 0 Å². The molecule has 1 spiro atoms. The highest BCUT2D eigenvalue weighted by Crippen LogP contribution is 2.63. The van der Waals surface area contributed by atoms with Crippen LogP contribution in [0.5, 0.6) is 0 Å². The molecule has 55 heavy (non-hydrogen) atoms. The average Bonchev–Trinajstić information content (AvgIpc) is 3.78. The molecule has 2 aromatic heterocycles. The average molecular weight is 720 g/mol. The van der Waals surface area contributed by atoms with E-state index >= 15 is 0 Å². The van der Waals surface area contributed by atoms with Gasteiger partial charge in [0.05, 0.1) is 5.41 Å². The van der Waals surface area contributed by atoms with Crippen molar-refractivity contribution in [1.29, 1.82) is 0 Å². The molecule has 10 aromatic rings. The Morgan fingerprint density at radius 2 is 1.04 bits per heavy atom. The summed E-state index contributed by atoms with van der Waals surface area (Å²) in [6.07, 6.45) is 0. The molecule has 0 amide bonds. The van der Waals surface area contributed by atoms with Crippen LogP contribution < -0.4 is 0 Å². The maximum atomic E-state index is 6.47. The predicted molar refractivity (Wildman–Crippen MR) is 222 cm³/mol. The summed E-state index contributed by atoms with van der Waals surface area (Å²) in [5.41, 5.74) is 11.8. The van der Waals surface area contributed by atoms with E-state index in [0.717, 1.165) is 54.3 Å². The van der Waals surface area contributed by atoms with E-state index in [-0.39, 0.29) is 0 Å². The highest BCUT2D eigenvalue weighted by atomic mass is 32.2. The summed E-state index contributed by atoms with van der Waals surface area (Å²) >= 11 is 1.81. The van der Waals surface area contributed by atoms with Crippen molar-refractivity contribution >= 4 is 44.5 Å². The highest BCUT2D eigenvalue weighted by molar-refractivity contribution is 7.99. The lowest BCUT2D eigenvalue weighted by molar-refractivity contribution is 0.672. The van der Waals surface area contributed by atoms with Gasteiger partial charge in [0, 0.05) is 42.6 Å². The van der Waals surface area contributed by atoms with E-state index in [1.54, 1.807) is 0 Å². The summed E-state index contributed by atoms with van der Waals surface area (Å²) in [5.74, 6) is 1.89. The van der Waals surface area contributed by atoms with E-state index in [0.29, 0.717) is 17.5 Å². The molecule has 4 nitrogen and oxygen atoms in total. The lowest BCUT2D eigenvalue weighted by Gasteiger charge is -2.40. The molecule has 2 aliphatic rings. The molecule has 5 heteroatoms. The van der Waals surface area contributed by atoms with Crippen LogP contribution in [0.2, 0.25) is 0 Å². The van der Waals surface area contributed by atoms with Gasteiger partial charge in [-0.2, -0.15) is 0 Å². The largest absolute Gasteiger partial charge is 0.455 e. The predicted octanol–water partition coefficient (Wildman–Crippen LogP) is 12.8. The highest BCUT2D eigenvalue weighted by Gasteiger charge is 2.50. The fraction of sp³-hybridized carbons (Fsp3) is 0.0200. The Kier molecular flexibility index (Phi) is 6.45. The Morgan fingerprint density at radius 3 is 1.85 bits per heavy atom. The molecule has 0 radical (unpaired) electrons. The molecule has 0 saturated carbocycles. The first-order chi connectivity index (χ1) is 27.3. The Morgan fingerprint density at radius 1 is 0.418 bits per heavy atom. The van der Waals surface area contributed by atoms with Gasteiger partial charge < -0.3 is 4.42 Å². The second kappa shape index (κ2) is 11.6. The molecule has 0 atom stereocenters. The summed E-state index contributed by atoms with van der Waals surface area (Å²) < 4.78 is 6.47. The number of aromatic nitrogens is 3. The number of nitrogens with zero attached hydrogens (tertiary/aromatic N) is 3. The van der Waals surface area contributed by atoms with Crippen LogP contribution in [0, 0.1) is 0 Å². The van der Waals surface area contributed by atoms with E-state index in [2.05, 4.69) is 146 Å². The SMILES string of the molecule is c1ccc(-c2nc(-c3ccc4ccc5c6ccccc6oc5c4c3)nc(-c3cccc4c3Sc3ccccc3C43c4ccccc4-c4ccccc43)n2)cc1. The third-order valence-corrected chi connectivity index (χ3v) is 12.6. The van der Waals surface area contributed by atoms with Gasteiger partial charge in [0.2, 0.25) is 0 Å². The zero-order chi connectivity index (χ0) is 36.1. The molecular formula is C50H29N3OS. The molecular weight excluding hydrogens is 691 g/mol.